The van der Waals surface area contributed by atoms with Crippen LogP contribution in [0.4, 0.5) is 0 Å². The van der Waals surface area contributed by atoms with E-state index in [0.717, 1.165) is 0 Å². The average Bonchev–Trinajstić information content (AvgIpc) is 3.33. The lowest BCUT2D eigenvalue weighted by Crippen LogP contribution is -2.65. The highest BCUT2D eigenvalue weighted by Crippen LogP contribution is 2.53. The van der Waals surface area contributed by atoms with E-state index in [4.69, 9.17) is 10.2 Å². The number of likely N-dealkylation sites (N-methyl/N-ethyl adjacent to an activating group) is 1. The van der Waals surface area contributed by atoms with Crippen molar-refractivity contribution in [2.24, 2.45) is 22.7 Å². The van der Waals surface area contributed by atoms with E-state index in [1.54, 1.807) is 32.3 Å². The highest BCUT2D eigenvalue weighted by atomic mass is 16.6. The second kappa shape index (κ2) is 9.10. The Hall–Kier alpha value is -4.42. The van der Waals surface area contributed by atoms with Crippen LogP contribution in [0.1, 0.15) is 23.3 Å². The molecule has 12 nitrogen and oxygen atoms in total. The van der Waals surface area contributed by atoms with Crippen LogP contribution in [0.15, 0.2) is 50.7 Å². The van der Waals surface area contributed by atoms with Crippen LogP contribution in [-0.4, -0.2) is 81.9 Å². The number of hydrogen-bond acceptors (Lipinski definition) is 11. The number of phenols is 1. The molecule has 1 aromatic heterocycles. The number of Topliss-reactive ketones (excluding diaryl/α,β-unsaturated/α-hetero) is 2. The number of phenolic OH excluding ortho intramolecular Hbond substituents is 1. The molecule has 1 amide bonds. The Bertz CT molecular complexity index is 1520. The van der Waals surface area contributed by atoms with Gasteiger partial charge in [0.2, 0.25) is 5.78 Å². The third-order valence-electron chi connectivity index (χ3n) is 7.78. The van der Waals surface area contributed by atoms with Crippen molar-refractivity contribution >= 4 is 29.4 Å². The Balaban J connectivity index is 1.69. The number of aliphatic hydroxyl groups is 3. The molecule has 4 atom stereocenters. The molecular formula is C27H27N3O9. The normalized spacial score (nSPS) is 26.6. The lowest BCUT2D eigenvalue weighted by molar-refractivity contribution is -0.153. The smallest absolute Gasteiger partial charge is 0.255 e. The molecular weight excluding hydrogens is 510 g/mol. The Labute approximate surface area is 222 Å². The van der Waals surface area contributed by atoms with Crippen molar-refractivity contribution in [3.05, 3.63) is 58.1 Å². The number of amides is 1. The molecule has 12 heteroatoms. The number of ketones is 2. The van der Waals surface area contributed by atoms with Crippen LogP contribution in [-0.2, 0) is 25.6 Å². The van der Waals surface area contributed by atoms with Gasteiger partial charge in [-0.15, -0.1) is 0 Å². The zero-order chi connectivity index (χ0) is 28.4. The maximum Gasteiger partial charge on any atom is 0.255 e. The molecule has 0 aliphatic heterocycles. The van der Waals surface area contributed by atoms with Gasteiger partial charge in [-0.1, -0.05) is 5.16 Å². The first-order valence-electron chi connectivity index (χ1n) is 12.1. The van der Waals surface area contributed by atoms with E-state index in [-0.39, 0.29) is 29.7 Å². The van der Waals surface area contributed by atoms with E-state index in [1.807, 2.05) is 0 Å². The molecule has 0 saturated heterocycles. The van der Waals surface area contributed by atoms with Crippen molar-refractivity contribution in [3.63, 3.8) is 0 Å². The molecule has 0 bridgehead atoms. The zero-order valence-electron chi connectivity index (χ0n) is 21.3. The zero-order valence-corrected chi connectivity index (χ0v) is 21.3. The van der Waals surface area contributed by atoms with Crippen molar-refractivity contribution in [1.82, 2.24) is 4.90 Å². The van der Waals surface area contributed by atoms with Gasteiger partial charge in [-0.2, -0.15) is 0 Å². The summed E-state index contributed by atoms with van der Waals surface area (Å²) in [5, 5.41) is 48.3. The number of nitrogens with two attached hydrogens (primary N) is 1. The van der Waals surface area contributed by atoms with Crippen molar-refractivity contribution in [1.29, 1.82) is 0 Å². The molecule has 1 fully saturated rings. The number of primary amides is 1. The summed E-state index contributed by atoms with van der Waals surface area (Å²) in [5.74, 6) is -6.22. The van der Waals surface area contributed by atoms with Gasteiger partial charge in [-0.3, -0.25) is 19.3 Å². The lowest BCUT2D eigenvalue weighted by atomic mass is 9.57. The standard InChI is InChI=1S/C27H27N3O9/c1-30(2)21-15-9-11-8-14-13(17-7-4-12(39-17)10-29-38-3)5-6-16(31)19(14)22(32)18(11)24(34)27(15,37)25(35)20(23(21)33)26(28)36/h4-7,10-11,15,21,31-32,35,37H,8-9H2,1-3H3,(H2,28,36)/b29-10+/t11-,15+,21?,27+/m1/s1. The van der Waals surface area contributed by atoms with Crippen LogP contribution in [0.25, 0.3) is 17.1 Å². The highest BCUT2D eigenvalue weighted by Gasteiger charge is 2.64. The van der Waals surface area contributed by atoms with Gasteiger partial charge in [0.1, 0.15) is 47.7 Å². The predicted octanol–water partition coefficient (Wildman–Crippen LogP) is 1.20. The van der Waals surface area contributed by atoms with Crippen LogP contribution >= 0.6 is 0 Å². The molecule has 39 heavy (non-hydrogen) atoms. The third-order valence-corrected chi connectivity index (χ3v) is 7.78. The molecule has 2 aromatic rings. The number of carbonyl (C=O) groups excluding carboxylic acids is 3. The van der Waals surface area contributed by atoms with Crippen LogP contribution in [0.5, 0.6) is 5.75 Å². The van der Waals surface area contributed by atoms with E-state index < -0.39 is 58.0 Å². The number of rotatable bonds is 5. The minimum atomic E-state index is -2.69. The van der Waals surface area contributed by atoms with Gasteiger partial charge in [0.05, 0.1) is 11.6 Å². The van der Waals surface area contributed by atoms with E-state index in [2.05, 4.69) is 9.99 Å². The fourth-order valence-electron chi connectivity index (χ4n) is 6.15. The molecule has 6 N–H and O–H groups in total. The maximum atomic E-state index is 13.9. The van der Waals surface area contributed by atoms with Crippen molar-refractivity contribution in [2.75, 3.05) is 21.2 Å². The third kappa shape index (κ3) is 3.67. The maximum absolute atomic E-state index is 13.9. The first-order chi connectivity index (χ1) is 18.4. The van der Waals surface area contributed by atoms with E-state index in [0.29, 0.717) is 22.6 Å². The number of benzene rings is 1. The summed E-state index contributed by atoms with van der Waals surface area (Å²) in [6.45, 7) is 0. The molecule has 1 aromatic carbocycles. The molecule has 3 aliphatic carbocycles. The van der Waals surface area contributed by atoms with Gasteiger partial charge in [-0.05, 0) is 62.7 Å². The van der Waals surface area contributed by atoms with Gasteiger partial charge < -0.3 is 35.4 Å². The number of fused-ring (bicyclic) bond motifs is 3. The Morgan fingerprint density at radius 3 is 2.56 bits per heavy atom. The van der Waals surface area contributed by atoms with Gasteiger partial charge in [0, 0.05) is 17.1 Å². The summed E-state index contributed by atoms with van der Waals surface area (Å²) >= 11 is 0. The summed E-state index contributed by atoms with van der Waals surface area (Å²) in [6.07, 6.45) is 1.50. The van der Waals surface area contributed by atoms with Crippen LogP contribution in [0.2, 0.25) is 0 Å². The summed E-state index contributed by atoms with van der Waals surface area (Å²) < 4.78 is 5.83. The monoisotopic (exact) mass is 537 g/mol. The number of oxime groups is 1. The molecule has 5 rings (SSSR count). The highest BCUT2D eigenvalue weighted by molar-refractivity contribution is 6.24. The minimum Gasteiger partial charge on any atom is -0.508 e. The van der Waals surface area contributed by atoms with Gasteiger partial charge in [0.15, 0.2) is 11.4 Å². The quantitative estimate of drug-likeness (QED) is 0.210. The van der Waals surface area contributed by atoms with E-state index in [1.165, 1.54) is 24.3 Å². The summed E-state index contributed by atoms with van der Waals surface area (Å²) in [7, 11) is 4.48. The Kier molecular flexibility index (Phi) is 6.11. The largest absolute Gasteiger partial charge is 0.508 e. The van der Waals surface area contributed by atoms with Crippen LogP contribution < -0.4 is 5.73 Å². The number of aromatic hydroxyl groups is 1. The number of furan rings is 1. The molecule has 1 unspecified atom stereocenters. The molecule has 3 aliphatic rings. The molecule has 204 valence electrons. The van der Waals surface area contributed by atoms with Crippen LogP contribution in [0, 0.1) is 11.8 Å². The van der Waals surface area contributed by atoms with Crippen molar-refractivity contribution in [3.8, 4) is 17.1 Å². The Morgan fingerprint density at radius 2 is 1.92 bits per heavy atom. The molecule has 1 heterocycles. The van der Waals surface area contributed by atoms with E-state index >= 15 is 0 Å². The van der Waals surface area contributed by atoms with Gasteiger partial charge in [-0.25, -0.2) is 0 Å². The fourth-order valence-corrected chi connectivity index (χ4v) is 6.15. The number of aliphatic hydroxyl groups excluding tert-OH is 2. The molecule has 0 radical (unpaired) electrons. The average molecular weight is 538 g/mol. The predicted molar refractivity (Wildman–Crippen MR) is 137 cm³/mol. The number of nitrogens with zero attached hydrogens (tertiary/aromatic N) is 2. The lowest BCUT2D eigenvalue weighted by Gasteiger charge is -2.50. The minimum absolute atomic E-state index is 0.00917. The summed E-state index contributed by atoms with van der Waals surface area (Å²) in [6, 6.07) is 5.14. The van der Waals surface area contributed by atoms with Crippen LogP contribution in [0.3, 0.4) is 0 Å². The topological polar surface area (TPSA) is 196 Å². The summed E-state index contributed by atoms with van der Waals surface area (Å²) in [4.78, 5) is 45.3. The fraction of sp³-hybridized carbons (Fsp3) is 0.333. The SMILES string of the molecule is CO/N=C/c1ccc(-c2ccc(O)c3c2C[C@@H]2C[C@H]4C(N(C)C)C(=O)C(C(N)=O)=C(O)[C@@]4(O)C(=O)C2=C3O)o1. The second-order valence-corrected chi connectivity index (χ2v) is 10.1. The molecule has 0 spiro atoms. The van der Waals surface area contributed by atoms with Crippen molar-refractivity contribution in [2.45, 2.75) is 24.5 Å². The molecule has 1 saturated carbocycles. The van der Waals surface area contributed by atoms with Gasteiger partial charge >= 0.3 is 0 Å². The van der Waals surface area contributed by atoms with Gasteiger partial charge in [0.25, 0.3) is 5.91 Å². The summed E-state index contributed by atoms with van der Waals surface area (Å²) in [5.41, 5.74) is 2.59. The van der Waals surface area contributed by atoms with E-state index in [9.17, 15) is 34.8 Å². The first-order valence-corrected chi connectivity index (χ1v) is 12.1. The number of carbonyl (C=O) groups is 3. The number of hydrogen-bond donors (Lipinski definition) is 5. The Morgan fingerprint density at radius 1 is 1.21 bits per heavy atom. The van der Waals surface area contributed by atoms with Crippen molar-refractivity contribution < 1.29 is 44.1 Å². The first kappa shape index (κ1) is 26.2. The second-order valence-electron chi connectivity index (χ2n) is 10.1.